The molecule has 1 aromatic carbocycles. The van der Waals surface area contributed by atoms with Gasteiger partial charge in [-0.1, -0.05) is 30.3 Å². The van der Waals surface area contributed by atoms with Gasteiger partial charge < -0.3 is 4.98 Å². The molecule has 0 fully saturated rings. The van der Waals surface area contributed by atoms with E-state index in [4.69, 9.17) is 0 Å². The third-order valence-electron chi connectivity index (χ3n) is 3.38. The lowest BCUT2D eigenvalue weighted by atomic mass is 10.1. The number of fused-ring (bicyclic) bond motifs is 3. The van der Waals surface area contributed by atoms with E-state index in [1.807, 2.05) is 42.5 Å². The standard InChI is InChI=1S/C16H11N3OS/c1-9-17-13-11-7-8-12(10-5-3-2-4-6-10)19-16(11)21-14(13)15(20)18-9/h2-8H,1H3,(H,17,18,20). The number of rotatable bonds is 1. The van der Waals surface area contributed by atoms with Gasteiger partial charge in [0.1, 0.15) is 15.4 Å². The molecule has 0 saturated heterocycles. The molecule has 0 aliphatic carbocycles. The molecule has 3 heterocycles. The summed E-state index contributed by atoms with van der Waals surface area (Å²) in [4.78, 5) is 24.7. The number of pyridine rings is 1. The first-order valence-corrected chi connectivity index (χ1v) is 7.39. The van der Waals surface area contributed by atoms with E-state index in [0.717, 1.165) is 27.0 Å². The molecule has 0 atom stereocenters. The minimum atomic E-state index is -0.0956. The smallest absolute Gasteiger partial charge is 0.268 e. The van der Waals surface area contributed by atoms with Gasteiger partial charge in [0.2, 0.25) is 0 Å². The van der Waals surface area contributed by atoms with Gasteiger partial charge >= 0.3 is 0 Å². The highest BCUT2D eigenvalue weighted by atomic mass is 32.1. The number of aryl methyl sites for hydroxylation is 1. The van der Waals surface area contributed by atoms with E-state index in [0.29, 0.717) is 10.5 Å². The number of aromatic nitrogens is 3. The molecule has 0 amide bonds. The average molecular weight is 293 g/mol. The van der Waals surface area contributed by atoms with Crippen molar-refractivity contribution in [3.63, 3.8) is 0 Å². The Hall–Kier alpha value is -2.53. The number of nitrogens with one attached hydrogen (secondary N) is 1. The summed E-state index contributed by atoms with van der Waals surface area (Å²) in [5, 5.41) is 0.934. The second-order valence-corrected chi connectivity index (χ2v) is 5.85. The topological polar surface area (TPSA) is 58.6 Å². The van der Waals surface area contributed by atoms with E-state index in [2.05, 4.69) is 15.0 Å². The maximum absolute atomic E-state index is 12.0. The van der Waals surface area contributed by atoms with Crippen LogP contribution in [-0.2, 0) is 0 Å². The van der Waals surface area contributed by atoms with Crippen molar-refractivity contribution in [3.05, 3.63) is 58.6 Å². The zero-order chi connectivity index (χ0) is 14.4. The fourth-order valence-corrected chi connectivity index (χ4v) is 3.43. The third-order valence-corrected chi connectivity index (χ3v) is 4.47. The van der Waals surface area contributed by atoms with E-state index in [9.17, 15) is 4.79 Å². The van der Waals surface area contributed by atoms with Gasteiger partial charge in [0.05, 0.1) is 11.2 Å². The molecule has 102 valence electrons. The number of nitrogens with zero attached hydrogens (tertiary/aromatic N) is 2. The van der Waals surface area contributed by atoms with Gasteiger partial charge in [0.15, 0.2) is 0 Å². The highest BCUT2D eigenvalue weighted by molar-refractivity contribution is 7.25. The number of thiophene rings is 1. The molecular weight excluding hydrogens is 282 g/mol. The van der Waals surface area contributed by atoms with Crippen LogP contribution in [0, 0.1) is 6.92 Å². The summed E-state index contributed by atoms with van der Waals surface area (Å²) in [5.41, 5.74) is 2.61. The number of aromatic amines is 1. The number of hydrogen-bond donors (Lipinski definition) is 1. The minimum Gasteiger partial charge on any atom is -0.310 e. The first kappa shape index (κ1) is 12.2. The van der Waals surface area contributed by atoms with Crippen LogP contribution in [0.5, 0.6) is 0 Å². The van der Waals surface area contributed by atoms with Crippen molar-refractivity contribution < 1.29 is 0 Å². The maximum Gasteiger partial charge on any atom is 0.268 e. The van der Waals surface area contributed by atoms with Gasteiger partial charge in [-0.3, -0.25) is 4.79 Å². The summed E-state index contributed by atoms with van der Waals surface area (Å²) >= 11 is 1.39. The van der Waals surface area contributed by atoms with Crippen LogP contribution in [0.15, 0.2) is 47.3 Å². The van der Waals surface area contributed by atoms with Gasteiger partial charge in [-0.05, 0) is 19.1 Å². The van der Waals surface area contributed by atoms with Crippen molar-refractivity contribution in [3.8, 4) is 11.3 Å². The lowest BCUT2D eigenvalue weighted by molar-refractivity contribution is 1.07. The predicted molar refractivity (Wildman–Crippen MR) is 85.7 cm³/mol. The van der Waals surface area contributed by atoms with E-state index in [-0.39, 0.29) is 5.56 Å². The Kier molecular flexibility index (Phi) is 2.62. The Morgan fingerprint density at radius 3 is 2.67 bits per heavy atom. The second kappa shape index (κ2) is 4.49. The van der Waals surface area contributed by atoms with Crippen LogP contribution in [0.1, 0.15) is 5.82 Å². The van der Waals surface area contributed by atoms with Crippen LogP contribution in [-0.4, -0.2) is 15.0 Å². The zero-order valence-electron chi connectivity index (χ0n) is 11.3. The van der Waals surface area contributed by atoms with Crippen LogP contribution in [0.2, 0.25) is 0 Å². The SMILES string of the molecule is Cc1nc2c(sc3nc(-c4ccccc4)ccc32)c(=O)[nH]1. The molecule has 3 aromatic heterocycles. The van der Waals surface area contributed by atoms with Crippen LogP contribution in [0.4, 0.5) is 0 Å². The van der Waals surface area contributed by atoms with Crippen LogP contribution in [0.3, 0.4) is 0 Å². The number of hydrogen-bond acceptors (Lipinski definition) is 4. The Labute approximate surface area is 124 Å². The maximum atomic E-state index is 12.0. The summed E-state index contributed by atoms with van der Waals surface area (Å²) in [6, 6.07) is 14.0. The van der Waals surface area contributed by atoms with Gasteiger partial charge in [-0.25, -0.2) is 9.97 Å². The monoisotopic (exact) mass is 293 g/mol. The number of H-pyrrole nitrogens is 1. The van der Waals surface area contributed by atoms with Crippen LogP contribution < -0.4 is 5.56 Å². The fraction of sp³-hybridized carbons (Fsp3) is 0.0625. The Balaban J connectivity index is 2.03. The highest BCUT2D eigenvalue weighted by Gasteiger charge is 2.12. The van der Waals surface area contributed by atoms with Gasteiger partial charge in [0.25, 0.3) is 5.56 Å². The van der Waals surface area contributed by atoms with Gasteiger partial charge in [-0.15, -0.1) is 11.3 Å². The summed E-state index contributed by atoms with van der Waals surface area (Å²) < 4.78 is 0.633. The third kappa shape index (κ3) is 1.94. The fourth-order valence-electron chi connectivity index (χ4n) is 2.42. The molecule has 0 bridgehead atoms. The summed E-state index contributed by atoms with van der Waals surface area (Å²) in [6.45, 7) is 1.79. The Morgan fingerprint density at radius 1 is 1.05 bits per heavy atom. The van der Waals surface area contributed by atoms with Crippen molar-refractivity contribution in [1.82, 2.24) is 15.0 Å². The van der Waals surface area contributed by atoms with Gasteiger partial charge in [0, 0.05) is 10.9 Å². The molecule has 0 saturated carbocycles. The molecule has 0 radical (unpaired) electrons. The second-order valence-electron chi connectivity index (χ2n) is 4.85. The normalized spacial score (nSPS) is 11.3. The van der Waals surface area contributed by atoms with E-state index >= 15 is 0 Å². The molecule has 21 heavy (non-hydrogen) atoms. The molecule has 4 aromatic rings. The van der Waals surface area contributed by atoms with Crippen molar-refractivity contribution in [2.75, 3.05) is 0 Å². The van der Waals surface area contributed by atoms with Crippen molar-refractivity contribution in [2.24, 2.45) is 0 Å². The first-order chi connectivity index (χ1) is 10.2. The minimum absolute atomic E-state index is 0.0956. The number of benzene rings is 1. The lowest BCUT2D eigenvalue weighted by Crippen LogP contribution is -2.07. The summed E-state index contributed by atoms with van der Waals surface area (Å²) in [5.74, 6) is 0.624. The largest absolute Gasteiger partial charge is 0.310 e. The molecule has 1 N–H and O–H groups in total. The molecule has 0 spiro atoms. The summed E-state index contributed by atoms with van der Waals surface area (Å²) in [7, 11) is 0. The molecule has 4 rings (SSSR count). The quantitative estimate of drug-likeness (QED) is 0.584. The highest BCUT2D eigenvalue weighted by Crippen LogP contribution is 2.31. The molecule has 4 nitrogen and oxygen atoms in total. The Morgan fingerprint density at radius 2 is 1.86 bits per heavy atom. The lowest BCUT2D eigenvalue weighted by Gasteiger charge is -2.00. The molecule has 0 unspecified atom stereocenters. The first-order valence-electron chi connectivity index (χ1n) is 6.58. The van der Waals surface area contributed by atoms with Gasteiger partial charge in [-0.2, -0.15) is 0 Å². The van der Waals surface area contributed by atoms with E-state index < -0.39 is 0 Å². The van der Waals surface area contributed by atoms with Crippen molar-refractivity contribution in [1.29, 1.82) is 0 Å². The van der Waals surface area contributed by atoms with Crippen LogP contribution >= 0.6 is 11.3 Å². The van der Waals surface area contributed by atoms with Crippen molar-refractivity contribution in [2.45, 2.75) is 6.92 Å². The van der Waals surface area contributed by atoms with E-state index in [1.54, 1.807) is 6.92 Å². The average Bonchev–Trinajstić information content (AvgIpc) is 2.86. The molecule has 0 aliphatic rings. The predicted octanol–water partition coefficient (Wildman–Crippen LogP) is 3.51. The van der Waals surface area contributed by atoms with Crippen LogP contribution in [0.25, 0.3) is 31.7 Å². The summed E-state index contributed by atoms with van der Waals surface area (Å²) in [6.07, 6.45) is 0. The zero-order valence-corrected chi connectivity index (χ0v) is 12.1. The molecule has 0 aliphatic heterocycles. The van der Waals surface area contributed by atoms with E-state index in [1.165, 1.54) is 11.3 Å². The molecule has 5 heteroatoms. The molecular formula is C16H11N3OS. The van der Waals surface area contributed by atoms with Crippen molar-refractivity contribution >= 4 is 31.8 Å². The Bertz CT molecular complexity index is 1020.